The summed E-state index contributed by atoms with van der Waals surface area (Å²) in [6.45, 7) is 6.30. The minimum absolute atomic E-state index is 0.00263. The highest BCUT2D eigenvalue weighted by Crippen LogP contribution is 2.35. The van der Waals surface area contributed by atoms with Crippen LogP contribution in [0.25, 0.3) is 6.08 Å². The molecule has 1 saturated heterocycles. The number of nitriles is 1. The average Bonchev–Trinajstić information content (AvgIpc) is 2.97. The standard InChI is InChI=1S/C23H22N2O4S/c1-4-28-20-11-16(9-10-19(20)29-15(2)3)12-21-22(26)25(23(27)30-21)14-18-8-6-5-7-17(18)13-24/h5-12,15H,4,14H2,1-3H3/b21-12+. The Balaban J connectivity index is 1.84. The molecule has 3 rings (SSSR count). The van der Waals surface area contributed by atoms with Gasteiger partial charge in [0.05, 0.1) is 35.8 Å². The fourth-order valence-electron chi connectivity index (χ4n) is 2.96. The number of ether oxygens (including phenoxy) is 2. The van der Waals surface area contributed by atoms with Gasteiger partial charge in [-0.15, -0.1) is 0 Å². The minimum atomic E-state index is -0.377. The second kappa shape index (κ2) is 9.51. The van der Waals surface area contributed by atoms with E-state index in [0.717, 1.165) is 22.2 Å². The summed E-state index contributed by atoms with van der Waals surface area (Å²) in [5.74, 6) is 0.838. The minimum Gasteiger partial charge on any atom is -0.490 e. The van der Waals surface area contributed by atoms with E-state index in [9.17, 15) is 14.9 Å². The summed E-state index contributed by atoms with van der Waals surface area (Å²) in [7, 11) is 0. The van der Waals surface area contributed by atoms with Crippen molar-refractivity contribution in [2.45, 2.75) is 33.4 Å². The summed E-state index contributed by atoms with van der Waals surface area (Å²) in [4.78, 5) is 26.7. The molecule has 0 N–H and O–H groups in total. The maximum absolute atomic E-state index is 12.8. The van der Waals surface area contributed by atoms with Gasteiger partial charge in [-0.2, -0.15) is 5.26 Å². The number of rotatable bonds is 7. The highest BCUT2D eigenvalue weighted by Gasteiger charge is 2.35. The molecule has 30 heavy (non-hydrogen) atoms. The van der Waals surface area contributed by atoms with Gasteiger partial charge in [0.2, 0.25) is 0 Å². The maximum atomic E-state index is 12.8. The number of hydrogen-bond acceptors (Lipinski definition) is 6. The van der Waals surface area contributed by atoms with E-state index >= 15 is 0 Å². The number of imide groups is 1. The van der Waals surface area contributed by atoms with E-state index in [1.54, 1.807) is 42.5 Å². The van der Waals surface area contributed by atoms with Gasteiger partial charge in [0.1, 0.15) is 0 Å². The summed E-state index contributed by atoms with van der Waals surface area (Å²) in [5.41, 5.74) is 1.82. The molecule has 0 unspecified atom stereocenters. The lowest BCUT2D eigenvalue weighted by Gasteiger charge is -2.15. The van der Waals surface area contributed by atoms with Gasteiger partial charge in [-0.25, -0.2) is 0 Å². The van der Waals surface area contributed by atoms with Crippen LogP contribution in [0.3, 0.4) is 0 Å². The molecule has 6 nitrogen and oxygen atoms in total. The first-order valence-corrected chi connectivity index (χ1v) is 10.4. The van der Waals surface area contributed by atoms with Gasteiger partial charge in [-0.1, -0.05) is 24.3 Å². The summed E-state index contributed by atoms with van der Waals surface area (Å²) < 4.78 is 11.4. The third kappa shape index (κ3) is 4.84. The molecule has 0 atom stereocenters. The number of amides is 2. The van der Waals surface area contributed by atoms with Gasteiger partial charge < -0.3 is 9.47 Å². The fourth-order valence-corrected chi connectivity index (χ4v) is 3.80. The topological polar surface area (TPSA) is 79.6 Å². The Morgan fingerprint density at radius 1 is 1.17 bits per heavy atom. The van der Waals surface area contributed by atoms with Crippen LogP contribution in [0.1, 0.15) is 37.5 Å². The predicted molar refractivity (Wildman–Crippen MR) is 116 cm³/mol. The normalized spacial score (nSPS) is 15.0. The number of carbonyl (C=O) groups excluding carboxylic acids is 2. The van der Waals surface area contributed by atoms with Crippen molar-refractivity contribution in [1.82, 2.24) is 4.90 Å². The third-order valence-corrected chi connectivity index (χ3v) is 5.18. The van der Waals surface area contributed by atoms with Crippen LogP contribution in [0, 0.1) is 11.3 Å². The van der Waals surface area contributed by atoms with E-state index in [1.807, 2.05) is 26.8 Å². The second-order valence-electron chi connectivity index (χ2n) is 6.84. The molecule has 7 heteroatoms. The largest absolute Gasteiger partial charge is 0.490 e. The first-order valence-electron chi connectivity index (χ1n) is 9.59. The monoisotopic (exact) mass is 422 g/mol. The molecule has 2 amide bonds. The fraction of sp³-hybridized carbons (Fsp3) is 0.261. The van der Waals surface area contributed by atoms with Crippen molar-refractivity contribution in [3.63, 3.8) is 0 Å². The molecule has 1 heterocycles. The summed E-state index contributed by atoms with van der Waals surface area (Å²) in [5, 5.41) is 8.88. The van der Waals surface area contributed by atoms with E-state index in [1.165, 1.54) is 0 Å². The quantitative estimate of drug-likeness (QED) is 0.586. The van der Waals surface area contributed by atoms with Crippen molar-refractivity contribution in [1.29, 1.82) is 5.26 Å². The van der Waals surface area contributed by atoms with Crippen molar-refractivity contribution >= 4 is 29.0 Å². The third-order valence-electron chi connectivity index (χ3n) is 4.27. The molecule has 1 aliphatic rings. The molecule has 1 fully saturated rings. The predicted octanol–water partition coefficient (Wildman–Crippen LogP) is 4.98. The zero-order valence-corrected chi connectivity index (χ0v) is 17.9. The molecule has 1 aliphatic heterocycles. The van der Waals surface area contributed by atoms with Gasteiger partial charge in [-0.05, 0) is 67.9 Å². The highest BCUT2D eigenvalue weighted by molar-refractivity contribution is 8.18. The van der Waals surface area contributed by atoms with Crippen LogP contribution in [0.5, 0.6) is 11.5 Å². The molecular formula is C23H22N2O4S. The lowest BCUT2D eigenvalue weighted by Crippen LogP contribution is -2.27. The Morgan fingerprint density at radius 2 is 1.93 bits per heavy atom. The van der Waals surface area contributed by atoms with E-state index in [-0.39, 0.29) is 23.8 Å². The van der Waals surface area contributed by atoms with Crippen molar-refractivity contribution in [2.24, 2.45) is 0 Å². The number of carbonyl (C=O) groups is 2. The van der Waals surface area contributed by atoms with E-state index in [4.69, 9.17) is 9.47 Å². The van der Waals surface area contributed by atoms with Crippen LogP contribution < -0.4 is 9.47 Å². The molecule has 154 valence electrons. The Labute approximate surface area is 180 Å². The van der Waals surface area contributed by atoms with Gasteiger partial charge in [0, 0.05) is 0 Å². The Hall–Kier alpha value is -3.24. The molecule has 2 aromatic carbocycles. The Bertz CT molecular complexity index is 1040. The Morgan fingerprint density at radius 3 is 2.63 bits per heavy atom. The van der Waals surface area contributed by atoms with E-state index < -0.39 is 0 Å². The number of thioether (sulfide) groups is 1. The molecule has 2 aromatic rings. The average molecular weight is 423 g/mol. The Kier molecular flexibility index (Phi) is 6.80. The molecule has 0 aliphatic carbocycles. The van der Waals surface area contributed by atoms with E-state index in [2.05, 4.69) is 6.07 Å². The second-order valence-corrected chi connectivity index (χ2v) is 7.84. The molecular weight excluding hydrogens is 400 g/mol. The lowest BCUT2D eigenvalue weighted by molar-refractivity contribution is -0.123. The number of nitrogens with zero attached hydrogens (tertiary/aromatic N) is 2. The number of hydrogen-bond donors (Lipinski definition) is 0. The van der Waals surface area contributed by atoms with Crippen LogP contribution in [0.2, 0.25) is 0 Å². The van der Waals surface area contributed by atoms with E-state index in [0.29, 0.717) is 34.1 Å². The maximum Gasteiger partial charge on any atom is 0.293 e. The number of benzene rings is 2. The summed E-state index contributed by atoms with van der Waals surface area (Å²) >= 11 is 0.887. The van der Waals surface area contributed by atoms with Crippen molar-refractivity contribution in [2.75, 3.05) is 6.61 Å². The van der Waals surface area contributed by atoms with Crippen LogP contribution in [-0.4, -0.2) is 28.8 Å². The smallest absolute Gasteiger partial charge is 0.293 e. The molecule has 0 spiro atoms. The summed E-state index contributed by atoms with van der Waals surface area (Å²) in [6.07, 6.45) is 1.67. The van der Waals surface area contributed by atoms with Crippen LogP contribution in [-0.2, 0) is 11.3 Å². The molecule has 0 bridgehead atoms. The van der Waals surface area contributed by atoms with Crippen molar-refractivity contribution in [3.8, 4) is 17.6 Å². The van der Waals surface area contributed by atoms with Gasteiger partial charge >= 0.3 is 0 Å². The van der Waals surface area contributed by atoms with Gasteiger partial charge in [0.15, 0.2) is 11.5 Å². The summed E-state index contributed by atoms with van der Waals surface area (Å²) in [6, 6.07) is 14.4. The molecule has 0 radical (unpaired) electrons. The van der Waals surface area contributed by atoms with Crippen LogP contribution in [0.4, 0.5) is 4.79 Å². The molecule has 0 saturated carbocycles. The highest BCUT2D eigenvalue weighted by atomic mass is 32.2. The lowest BCUT2D eigenvalue weighted by atomic mass is 10.1. The van der Waals surface area contributed by atoms with Crippen LogP contribution in [0.15, 0.2) is 47.4 Å². The zero-order valence-electron chi connectivity index (χ0n) is 17.0. The van der Waals surface area contributed by atoms with Gasteiger partial charge in [-0.3, -0.25) is 14.5 Å². The van der Waals surface area contributed by atoms with Crippen molar-refractivity contribution in [3.05, 3.63) is 64.1 Å². The SMILES string of the molecule is CCOc1cc(/C=C2/SC(=O)N(Cc3ccccc3C#N)C2=O)ccc1OC(C)C. The first kappa shape index (κ1) is 21.5. The van der Waals surface area contributed by atoms with Crippen molar-refractivity contribution < 1.29 is 19.1 Å². The molecule has 0 aromatic heterocycles. The van der Waals surface area contributed by atoms with Gasteiger partial charge in [0.25, 0.3) is 11.1 Å². The van der Waals surface area contributed by atoms with Crippen LogP contribution >= 0.6 is 11.8 Å². The first-order chi connectivity index (χ1) is 14.4. The zero-order chi connectivity index (χ0) is 21.7.